The highest BCUT2D eigenvalue weighted by atomic mass is 31.2. The number of aryl methyl sites for hydroxylation is 1. The number of unbranched alkanes of at least 4 members (excludes halogenated alkanes) is 1. The van der Waals surface area contributed by atoms with Gasteiger partial charge in [0.05, 0.1) is 11.4 Å². The van der Waals surface area contributed by atoms with E-state index in [0.717, 1.165) is 19.3 Å². The molecule has 1 fully saturated rings. The van der Waals surface area contributed by atoms with Crippen LogP contribution in [-0.2, 0) is 15.5 Å². The molecule has 4 heteroatoms. The van der Waals surface area contributed by atoms with Gasteiger partial charge < -0.3 is 4.52 Å². The first-order chi connectivity index (χ1) is 14.4. The molecule has 0 N–H and O–H groups in total. The fourth-order valence-electron chi connectivity index (χ4n) is 4.40. The molecular weight excluding hydrogens is 391 g/mol. The van der Waals surface area contributed by atoms with Gasteiger partial charge in [0.2, 0.25) is 0 Å². The van der Waals surface area contributed by atoms with Crippen LogP contribution >= 0.6 is 7.60 Å². The molecule has 2 aromatic rings. The second kappa shape index (κ2) is 10.6. The zero-order valence-corrected chi connectivity index (χ0v) is 19.8. The number of rotatable bonds is 9. The highest BCUT2D eigenvalue weighted by Crippen LogP contribution is 2.52. The lowest BCUT2D eigenvalue weighted by Crippen LogP contribution is -2.35. The van der Waals surface area contributed by atoms with Gasteiger partial charge >= 0.3 is 7.60 Å². The summed E-state index contributed by atoms with van der Waals surface area (Å²) in [5.41, 5.74) is 1.28. The molecular formula is C26H37O3P. The number of hydrogen-bond acceptors (Lipinski definition) is 3. The molecule has 3 nitrogen and oxygen atoms in total. The van der Waals surface area contributed by atoms with E-state index in [9.17, 15) is 4.57 Å². The van der Waals surface area contributed by atoms with Crippen LogP contribution in [0.3, 0.4) is 0 Å². The monoisotopic (exact) mass is 428 g/mol. The Bertz CT molecular complexity index is 816. The Morgan fingerprint density at radius 1 is 1.03 bits per heavy atom. The normalized spacial score (nSPS) is 23.8. The van der Waals surface area contributed by atoms with Crippen LogP contribution in [0.1, 0.15) is 65.4 Å². The van der Waals surface area contributed by atoms with E-state index in [-0.39, 0.29) is 6.10 Å². The summed E-state index contributed by atoms with van der Waals surface area (Å²) < 4.78 is 26.7. The average Bonchev–Trinajstić information content (AvgIpc) is 2.73. The Morgan fingerprint density at radius 2 is 1.73 bits per heavy atom. The molecule has 2 aromatic carbocycles. The van der Waals surface area contributed by atoms with Crippen LogP contribution in [0.15, 0.2) is 54.6 Å². The van der Waals surface area contributed by atoms with Crippen molar-refractivity contribution in [1.82, 2.24) is 0 Å². The Kier molecular flexibility index (Phi) is 8.20. The lowest BCUT2D eigenvalue weighted by atomic mass is 9.75. The van der Waals surface area contributed by atoms with Gasteiger partial charge in [-0.3, -0.25) is 4.52 Å². The third-order valence-electron chi connectivity index (χ3n) is 6.28. The maximum absolute atomic E-state index is 14.1. The van der Waals surface area contributed by atoms with Crippen molar-refractivity contribution in [2.24, 2.45) is 17.8 Å². The fourth-order valence-corrected chi connectivity index (χ4v) is 6.20. The molecule has 1 saturated carbocycles. The molecule has 0 amide bonds. The minimum atomic E-state index is -3.50. The number of benzene rings is 2. The topological polar surface area (TPSA) is 35.5 Å². The molecule has 164 valence electrons. The summed E-state index contributed by atoms with van der Waals surface area (Å²) in [5.74, 6) is 2.07. The van der Waals surface area contributed by atoms with Crippen molar-refractivity contribution in [3.63, 3.8) is 0 Å². The summed E-state index contributed by atoms with van der Waals surface area (Å²) in [6.07, 6.45) is 6.60. The molecule has 0 saturated heterocycles. The van der Waals surface area contributed by atoms with E-state index < -0.39 is 7.60 Å². The number of hydrogen-bond donors (Lipinski definition) is 0. The van der Waals surface area contributed by atoms with E-state index >= 15 is 0 Å². The summed E-state index contributed by atoms with van der Waals surface area (Å²) in [4.78, 5) is 0. The van der Waals surface area contributed by atoms with Crippen LogP contribution in [0.5, 0.6) is 5.75 Å². The van der Waals surface area contributed by atoms with Crippen LogP contribution in [0.2, 0.25) is 0 Å². The van der Waals surface area contributed by atoms with Crippen molar-refractivity contribution >= 4 is 12.9 Å². The first-order valence-corrected chi connectivity index (χ1v) is 13.1. The maximum Gasteiger partial charge on any atom is 0.411 e. The van der Waals surface area contributed by atoms with Gasteiger partial charge in [0.1, 0.15) is 5.75 Å². The van der Waals surface area contributed by atoms with E-state index in [1.54, 1.807) is 0 Å². The molecule has 0 aromatic heterocycles. The van der Waals surface area contributed by atoms with Gasteiger partial charge in [-0.1, -0.05) is 70.9 Å². The van der Waals surface area contributed by atoms with E-state index in [2.05, 4.69) is 39.8 Å². The van der Waals surface area contributed by atoms with Gasteiger partial charge in [0.15, 0.2) is 0 Å². The summed E-state index contributed by atoms with van der Waals surface area (Å²) in [7, 11) is -3.50. The smallest absolute Gasteiger partial charge is 0.411 e. The Morgan fingerprint density at radius 3 is 2.37 bits per heavy atom. The summed E-state index contributed by atoms with van der Waals surface area (Å²) in [6.45, 7) is 8.93. The lowest BCUT2D eigenvalue weighted by molar-refractivity contribution is 0.0414. The highest BCUT2D eigenvalue weighted by Gasteiger charge is 2.39. The minimum Gasteiger partial charge on any atom is -0.421 e. The quantitative estimate of drug-likeness (QED) is 0.390. The summed E-state index contributed by atoms with van der Waals surface area (Å²) in [6, 6.07) is 17.4. The van der Waals surface area contributed by atoms with Crippen molar-refractivity contribution in [3.05, 3.63) is 60.2 Å². The second-order valence-corrected chi connectivity index (χ2v) is 11.0. The molecule has 1 aliphatic rings. The van der Waals surface area contributed by atoms with Gasteiger partial charge in [-0.05, 0) is 73.3 Å². The highest BCUT2D eigenvalue weighted by molar-refractivity contribution is 7.62. The summed E-state index contributed by atoms with van der Waals surface area (Å²) in [5, 5.41) is 0.626. The minimum absolute atomic E-state index is 0.0522. The van der Waals surface area contributed by atoms with E-state index in [0.29, 0.717) is 28.8 Å². The Balaban J connectivity index is 1.85. The van der Waals surface area contributed by atoms with E-state index in [1.807, 2.05) is 42.5 Å². The molecule has 0 spiro atoms. The van der Waals surface area contributed by atoms with Gasteiger partial charge in [-0.25, -0.2) is 4.57 Å². The van der Waals surface area contributed by atoms with E-state index in [4.69, 9.17) is 9.05 Å². The second-order valence-electron chi connectivity index (χ2n) is 9.14. The molecule has 0 heterocycles. The van der Waals surface area contributed by atoms with Crippen molar-refractivity contribution in [2.75, 3.05) is 0 Å². The van der Waals surface area contributed by atoms with Crippen molar-refractivity contribution in [3.8, 4) is 5.75 Å². The van der Waals surface area contributed by atoms with E-state index in [1.165, 1.54) is 24.8 Å². The molecule has 0 bridgehead atoms. The maximum atomic E-state index is 14.1. The van der Waals surface area contributed by atoms with Crippen molar-refractivity contribution < 1.29 is 13.6 Å². The molecule has 3 rings (SSSR count). The average molecular weight is 429 g/mol. The third kappa shape index (κ3) is 5.99. The SMILES string of the molecule is CCCCc1ccc(O[P@](=O)(O[C@@H]2C[C@H](C)CC[C@H]2C(C)C)c2ccccc2)cc1. The fraction of sp³-hybridized carbons (Fsp3) is 0.538. The van der Waals surface area contributed by atoms with Gasteiger partial charge in [-0.2, -0.15) is 0 Å². The largest absolute Gasteiger partial charge is 0.421 e. The van der Waals surface area contributed by atoms with Gasteiger partial charge in [0.25, 0.3) is 0 Å². The predicted molar refractivity (Wildman–Crippen MR) is 126 cm³/mol. The standard InChI is InChI=1S/C26H37O3P/c1-5-6-10-22-14-16-23(17-15-22)28-30(27,24-11-8-7-9-12-24)29-26-19-21(4)13-18-25(26)20(2)3/h7-9,11-12,14-17,20-21,25-26H,5-6,10,13,18-19H2,1-4H3/t21-,25+,26-,30+/m1/s1. The lowest BCUT2D eigenvalue weighted by Gasteiger charge is -2.38. The van der Waals surface area contributed by atoms with Crippen LogP contribution in [0.25, 0.3) is 0 Å². The molecule has 4 atom stereocenters. The molecule has 0 unspecified atom stereocenters. The summed E-state index contributed by atoms with van der Waals surface area (Å²) >= 11 is 0. The first kappa shape index (κ1) is 23.1. The van der Waals surface area contributed by atoms with Crippen LogP contribution < -0.4 is 9.83 Å². The first-order valence-electron chi connectivity index (χ1n) is 11.5. The van der Waals surface area contributed by atoms with Gasteiger partial charge in [-0.15, -0.1) is 0 Å². The van der Waals surface area contributed by atoms with Crippen LogP contribution in [0.4, 0.5) is 0 Å². The third-order valence-corrected chi connectivity index (χ3v) is 8.21. The predicted octanol–water partition coefficient (Wildman–Crippen LogP) is 7.40. The zero-order valence-electron chi connectivity index (χ0n) is 18.9. The molecule has 0 radical (unpaired) electrons. The van der Waals surface area contributed by atoms with Crippen LogP contribution in [0, 0.1) is 17.8 Å². The van der Waals surface area contributed by atoms with Gasteiger partial charge in [0, 0.05) is 0 Å². The zero-order chi connectivity index (χ0) is 21.6. The Hall–Kier alpha value is -1.57. The molecule has 0 aliphatic heterocycles. The van der Waals surface area contributed by atoms with Crippen molar-refractivity contribution in [1.29, 1.82) is 0 Å². The van der Waals surface area contributed by atoms with Crippen LogP contribution in [-0.4, -0.2) is 6.10 Å². The van der Waals surface area contributed by atoms with Crippen molar-refractivity contribution in [2.45, 2.75) is 72.3 Å². The Labute approximate surface area is 182 Å². The molecule has 1 aliphatic carbocycles. The molecule has 30 heavy (non-hydrogen) atoms.